The van der Waals surface area contributed by atoms with Crippen molar-refractivity contribution in [3.63, 3.8) is 0 Å². The van der Waals surface area contributed by atoms with Crippen LogP contribution in [-0.2, 0) is 0 Å². The molecule has 0 radical (unpaired) electrons. The quantitative estimate of drug-likeness (QED) is 0.502. The minimum Gasteiger partial charge on any atom is -0.461 e. The Morgan fingerprint density at radius 1 is 1.33 bits per heavy atom. The largest absolute Gasteiger partial charge is 0.461 e. The van der Waals surface area contributed by atoms with Crippen LogP contribution < -0.4 is 21.3 Å². The maximum atomic E-state index is 5.50. The van der Waals surface area contributed by atoms with Gasteiger partial charge in [-0.3, -0.25) is 10.3 Å². The summed E-state index contributed by atoms with van der Waals surface area (Å²) in [5.41, 5.74) is 2.44. The first-order valence-electron chi connectivity index (χ1n) is 7.49. The van der Waals surface area contributed by atoms with Crippen molar-refractivity contribution in [1.29, 1.82) is 0 Å². The summed E-state index contributed by atoms with van der Waals surface area (Å²) in [5, 5.41) is 3.26. The van der Waals surface area contributed by atoms with Crippen LogP contribution in [0.4, 0.5) is 11.9 Å². The van der Waals surface area contributed by atoms with Gasteiger partial charge in [-0.05, 0) is 39.8 Å². The third-order valence-electron chi connectivity index (χ3n) is 3.49. The van der Waals surface area contributed by atoms with Crippen LogP contribution in [0, 0.1) is 0 Å². The van der Waals surface area contributed by atoms with E-state index in [4.69, 9.17) is 10.6 Å². The van der Waals surface area contributed by atoms with Crippen LogP contribution in [0.5, 0.6) is 6.01 Å². The third kappa shape index (κ3) is 4.40. The Hall–Kier alpha value is -1.67. The summed E-state index contributed by atoms with van der Waals surface area (Å²) in [6, 6.07) is 0.796. The number of rotatable bonds is 7. The lowest BCUT2D eigenvalue weighted by Crippen LogP contribution is -2.35. The summed E-state index contributed by atoms with van der Waals surface area (Å²) in [6.45, 7) is 9.07. The molecule has 2 rings (SSSR count). The number of anilines is 2. The Bertz CT molecular complexity index is 454. The number of hydrogen-bond acceptors (Lipinski definition) is 8. The van der Waals surface area contributed by atoms with Crippen molar-refractivity contribution in [2.24, 2.45) is 5.84 Å². The van der Waals surface area contributed by atoms with Crippen LogP contribution in [0.3, 0.4) is 0 Å². The van der Waals surface area contributed by atoms with Gasteiger partial charge in [0, 0.05) is 12.6 Å². The third-order valence-corrected chi connectivity index (χ3v) is 3.49. The molecule has 4 N–H and O–H groups in total. The second kappa shape index (κ2) is 7.37. The van der Waals surface area contributed by atoms with E-state index in [2.05, 4.69) is 37.5 Å². The summed E-state index contributed by atoms with van der Waals surface area (Å²) in [6.07, 6.45) is 2.44. The van der Waals surface area contributed by atoms with E-state index in [-0.39, 0.29) is 12.1 Å². The topological polar surface area (TPSA) is 101 Å². The first-order valence-corrected chi connectivity index (χ1v) is 7.49. The van der Waals surface area contributed by atoms with Crippen LogP contribution >= 0.6 is 0 Å². The van der Waals surface area contributed by atoms with Gasteiger partial charge in [0.1, 0.15) is 0 Å². The number of likely N-dealkylation sites (tertiary alicyclic amines) is 1. The van der Waals surface area contributed by atoms with Crippen molar-refractivity contribution in [1.82, 2.24) is 19.9 Å². The molecule has 1 unspecified atom stereocenters. The average molecular weight is 295 g/mol. The molecule has 1 aromatic rings. The maximum Gasteiger partial charge on any atom is 0.323 e. The number of likely N-dealkylation sites (N-methyl/N-ethyl adjacent to an activating group) is 1. The lowest BCUT2D eigenvalue weighted by atomic mass is 10.2. The highest BCUT2D eigenvalue weighted by Gasteiger charge is 2.22. The molecule has 0 spiro atoms. The number of nitrogens with two attached hydrogens (primary N) is 1. The van der Waals surface area contributed by atoms with Crippen molar-refractivity contribution in [2.45, 2.75) is 45.8 Å². The summed E-state index contributed by atoms with van der Waals surface area (Å²) >= 11 is 0. The van der Waals surface area contributed by atoms with Gasteiger partial charge in [-0.15, -0.1) is 0 Å². The molecule has 1 aliphatic rings. The fourth-order valence-corrected chi connectivity index (χ4v) is 2.52. The maximum absolute atomic E-state index is 5.50. The molecular weight excluding hydrogens is 270 g/mol. The van der Waals surface area contributed by atoms with Gasteiger partial charge in [0.15, 0.2) is 0 Å². The first kappa shape index (κ1) is 15.7. The highest BCUT2D eigenvalue weighted by Crippen LogP contribution is 2.17. The van der Waals surface area contributed by atoms with E-state index in [0.717, 1.165) is 19.6 Å². The molecule has 1 atom stereocenters. The molecule has 1 aliphatic heterocycles. The van der Waals surface area contributed by atoms with Crippen LogP contribution in [-0.4, -0.2) is 51.6 Å². The molecule has 0 saturated carbocycles. The Kier molecular flexibility index (Phi) is 5.51. The minimum atomic E-state index is -0.00344. The summed E-state index contributed by atoms with van der Waals surface area (Å²) < 4.78 is 5.50. The number of nitrogen functional groups attached to an aromatic ring is 1. The second-order valence-corrected chi connectivity index (χ2v) is 5.38. The Morgan fingerprint density at radius 3 is 2.76 bits per heavy atom. The Labute approximate surface area is 125 Å². The molecule has 0 bridgehead atoms. The van der Waals surface area contributed by atoms with Crippen molar-refractivity contribution in [3.8, 4) is 6.01 Å². The van der Waals surface area contributed by atoms with Gasteiger partial charge >= 0.3 is 6.01 Å². The van der Waals surface area contributed by atoms with Gasteiger partial charge in [-0.2, -0.15) is 15.0 Å². The van der Waals surface area contributed by atoms with Crippen molar-refractivity contribution in [3.05, 3.63) is 0 Å². The van der Waals surface area contributed by atoms with Crippen LogP contribution in [0.2, 0.25) is 0 Å². The zero-order chi connectivity index (χ0) is 15.2. The minimum absolute atomic E-state index is 0.00344. The zero-order valence-electron chi connectivity index (χ0n) is 13.0. The molecule has 118 valence electrons. The normalized spacial score (nSPS) is 19.0. The van der Waals surface area contributed by atoms with Crippen LogP contribution in [0.15, 0.2) is 0 Å². The molecule has 21 heavy (non-hydrogen) atoms. The summed E-state index contributed by atoms with van der Waals surface area (Å²) in [7, 11) is 0. The van der Waals surface area contributed by atoms with E-state index in [9.17, 15) is 0 Å². The SMILES string of the molecule is CCN1CCCC1CNc1nc(NN)nc(OC(C)C)n1. The summed E-state index contributed by atoms with van der Waals surface area (Å²) in [5.74, 6) is 6.16. The molecular formula is C13H25N7O. The predicted octanol–water partition coefficient (Wildman–Crippen LogP) is 0.841. The number of aromatic nitrogens is 3. The number of nitrogens with zero attached hydrogens (tertiary/aromatic N) is 4. The molecule has 0 aliphatic carbocycles. The molecule has 2 heterocycles. The molecule has 8 nitrogen and oxygen atoms in total. The first-order chi connectivity index (χ1) is 10.1. The van der Waals surface area contributed by atoms with Gasteiger partial charge in [0.2, 0.25) is 11.9 Å². The molecule has 0 amide bonds. The molecule has 1 aromatic heterocycles. The van der Waals surface area contributed by atoms with Gasteiger partial charge in [0.25, 0.3) is 0 Å². The van der Waals surface area contributed by atoms with Crippen LogP contribution in [0.25, 0.3) is 0 Å². The van der Waals surface area contributed by atoms with Crippen molar-refractivity contribution >= 4 is 11.9 Å². The fourth-order valence-electron chi connectivity index (χ4n) is 2.52. The van der Waals surface area contributed by atoms with Crippen LogP contribution in [0.1, 0.15) is 33.6 Å². The van der Waals surface area contributed by atoms with Gasteiger partial charge in [-0.25, -0.2) is 5.84 Å². The smallest absolute Gasteiger partial charge is 0.323 e. The Balaban J connectivity index is 2.01. The average Bonchev–Trinajstić information content (AvgIpc) is 2.91. The summed E-state index contributed by atoms with van der Waals surface area (Å²) in [4.78, 5) is 15.0. The van der Waals surface area contributed by atoms with E-state index >= 15 is 0 Å². The standard InChI is InChI=1S/C13H25N7O/c1-4-20-7-5-6-10(20)8-15-11-16-12(19-14)18-13(17-11)21-9(2)3/h9-10H,4-8,14H2,1-3H3,(H2,15,16,17,18,19). The molecule has 1 fully saturated rings. The van der Waals surface area contributed by atoms with Gasteiger partial charge in [0.05, 0.1) is 6.10 Å². The second-order valence-electron chi connectivity index (χ2n) is 5.38. The number of nitrogens with one attached hydrogen (secondary N) is 2. The van der Waals surface area contributed by atoms with Crippen molar-refractivity contribution in [2.75, 3.05) is 30.4 Å². The van der Waals surface area contributed by atoms with E-state index in [1.54, 1.807) is 0 Å². The van der Waals surface area contributed by atoms with Gasteiger partial charge in [-0.1, -0.05) is 6.92 Å². The molecule has 1 saturated heterocycles. The Morgan fingerprint density at radius 2 is 2.10 bits per heavy atom. The van der Waals surface area contributed by atoms with E-state index < -0.39 is 0 Å². The monoisotopic (exact) mass is 295 g/mol. The lowest BCUT2D eigenvalue weighted by molar-refractivity contribution is 0.222. The fraction of sp³-hybridized carbons (Fsp3) is 0.769. The van der Waals surface area contributed by atoms with E-state index in [1.165, 1.54) is 12.8 Å². The van der Waals surface area contributed by atoms with E-state index in [0.29, 0.717) is 17.9 Å². The lowest BCUT2D eigenvalue weighted by Gasteiger charge is -2.22. The number of hydrogen-bond donors (Lipinski definition) is 3. The molecule has 8 heteroatoms. The highest BCUT2D eigenvalue weighted by molar-refractivity contribution is 5.35. The zero-order valence-corrected chi connectivity index (χ0v) is 13.0. The predicted molar refractivity (Wildman–Crippen MR) is 82.2 cm³/mol. The number of hydrazine groups is 1. The van der Waals surface area contributed by atoms with Gasteiger partial charge < -0.3 is 10.1 Å². The molecule has 0 aromatic carbocycles. The highest BCUT2D eigenvalue weighted by atomic mass is 16.5. The van der Waals surface area contributed by atoms with E-state index in [1.807, 2.05) is 13.8 Å². The van der Waals surface area contributed by atoms with Crippen molar-refractivity contribution < 1.29 is 4.74 Å². The number of ether oxygens (including phenoxy) is 1.